The van der Waals surface area contributed by atoms with E-state index in [-0.39, 0.29) is 11.6 Å². The largest absolute Gasteiger partial charge is 0.481 e. The molecule has 3 aromatic rings. The van der Waals surface area contributed by atoms with Crippen LogP contribution in [0.25, 0.3) is 11.3 Å². The fourth-order valence-corrected chi connectivity index (χ4v) is 3.45. The molecule has 0 unspecified atom stereocenters. The van der Waals surface area contributed by atoms with Gasteiger partial charge >= 0.3 is 0 Å². The molecule has 0 saturated carbocycles. The molecule has 29 heavy (non-hydrogen) atoms. The number of aryl methyl sites for hydroxylation is 3. The summed E-state index contributed by atoms with van der Waals surface area (Å²) in [5.41, 5.74) is 3.99. The third-order valence-electron chi connectivity index (χ3n) is 4.05. The molecule has 3 rings (SSSR count). The molecule has 152 valence electrons. The van der Waals surface area contributed by atoms with E-state index < -0.39 is 10.0 Å². The number of nitrogens with one attached hydrogen (secondary N) is 1. The third kappa shape index (κ3) is 5.00. The summed E-state index contributed by atoms with van der Waals surface area (Å²) >= 11 is 0. The standard InChI is InChI=1S/C20H22N4O4S/c1-12-10-13(2)22-14(3)19(12)28-20-17(24-29(5,25)26)7-6-16(23-20)15-8-9-21-18(11-15)27-4/h6-11,24H,1-5H3. The topological polar surface area (TPSA) is 103 Å². The minimum atomic E-state index is -3.52. The van der Waals surface area contributed by atoms with E-state index in [0.717, 1.165) is 23.1 Å². The van der Waals surface area contributed by atoms with Gasteiger partial charge in [0.05, 0.1) is 24.8 Å². The van der Waals surface area contributed by atoms with Crippen LogP contribution in [-0.2, 0) is 10.0 Å². The van der Waals surface area contributed by atoms with Crippen LogP contribution in [0.2, 0.25) is 0 Å². The summed E-state index contributed by atoms with van der Waals surface area (Å²) < 4.78 is 37.2. The van der Waals surface area contributed by atoms with E-state index in [1.165, 1.54) is 7.11 Å². The van der Waals surface area contributed by atoms with Crippen LogP contribution >= 0.6 is 0 Å². The van der Waals surface area contributed by atoms with Gasteiger partial charge in [0.2, 0.25) is 21.8 Å². The van der Waals surface area contributed by atoms with Gasteiger partial charge in [-0.3, -0.25) is 9.71 Å². The molecule has 0 aromatic carbocycles. The smallest absolute Gasteiger partial charge is 0.244 e. The van der Waals surface area contributed by atoms with Crippen LogP contribution in [-0.4, -0.2) is 36.7 Å². The number of methoxy groups -OCH3 is 1. The van der Waals surface area contributed by atoms with Crippen LogP contribution in [0.5, 0.6) is 17.5 Å². The molecule has 0 aliphatic rings. The highest BCUT2D eigenvalue weighted by Crippen LogP contribution is 2.34. The molecular weight excluding hydrogens is 392 g/mol. The predicted octanol–water partition coefficient (Wildman–Crippen LogP) is 3.64. The zero-order valence-corrected chi connectivity index (χ0v) is 17.7. The van der Waals surface area contributed by atoms with Gasteiger partial charge in [-0.15, -0.1) is 0 Å². The highest BCUT2D eigenvalue weighted by molar-refractivity contribution is 7.92. The second kappa shape index (κ2) is 8.04. The zero-order valence-electron chi connectivity index (χ0n) is 16.8. The SMILES string of the molecule is COc1cc(-c2ccc(NS(C)(=O)=O)c(Oc3c(C)cc(C)nc3C)n2)ccn1. The molecule has 0 atom stereocenters. The fraction of sp³-hybridized carbons (Fsp3) is 0.250. The van der Waals surface area contributed by atoms with E-state index in [1.807, 2.05) is 26.8 Å². The molecule has 3 aromatic heterocycles. The lowest BCUT2D eigenvalue weighted by Crippen LogP contribution is -2.11. The van der Waals surface area contributed by atoms with Crippen LogP contribution in [0.4, 0.5) is 5.69 Å². The van der Waals surface area contributed by atoms with Crippen molar-refractivity contribution in [3.63, 3.8) is 0 Å². The van der Waals surface area contributed by atoms with E-state index >= 15 is 0 Å². The highest BCUT2D eigenvalue weighted by Gasteiger charge is 2.16. The van der Waals surface area contributed by atoms with Gasteiger partial charge in [0.15, 0.2) is 5.75 Å². The number of pyridine rings is 3. The molecular formula is C20H22N4O4S. The first kappa shape index (κ1) is 20.5. The Bertz CT molecular complexity index is 1140. The molecule has 0 aliphatic heterocycles. The number of nitrogens with zero attached hydrogens (tertiary/aromatic N) is 3. The number of hydrogen-bond acceptors (Lipinski definition) is 7. The summed E-state index contributed by atoms with van der Waals surface area (Å²) in [5.74, 6) is 1.10. The molecule has 0 saturated heterocycles. The van der Waals surface area contributed by atoms with Gasteiger partial charge in [0.1, 0.15) is 5.69 Å². The van der Waals surface area contributed by atoms with Crippen molar-refractivity contribution in [2.75, 3.05) is 18.1 Å². The van der Waals surface area contributed by atoms with Crippen molar-refractivity contribution in [2.45, 2.75) is 20.8 Å². The summed E-state index contributed by atoms with van der Waals surface area (Å²) in [7, 11) is -1.99. The van der Waals surface area contributed by atoms with Crippen LogP contribution < -0.4 is 14.2 Å². The molecule has 1 N–H and O–H groups in total. The number of aromatic nitrogens is 3. The van der Waals surface area contributed by atoms with Crippen molar-refractivity contribution >= 4 is 15.7 Å². The Kier molecular flexibility index (Phi) is 5.69. The van der Waals surface area contributed by atoms with Crippen LogP contribution in [0, 0.1) is 20.8 Å². The number of ether oxygens (including phenoxy) is 2. The Morgan fingerprint density at radius 3 is 2.45 bits per heavy atom. The van der Waals surface area contributed by atoms with E-state index in [0.29, 0.717) is 23.0 Å². The average molecular weight is 414 g/mol. The van der Waals surface area contributed by atoms with Gasteiger partial charge in [-0.1, -0.05) is 0 Å². The van der Waals surface area contributed by atoms with E-state index in [9.17, 15) is 8.42 Å². The first-order valence-electron chi connectivity index (χ1n) is 8.78. The van der Waals surface area contributed by atoms with Crippen LogP contribution in [0.1, 0.15) is 17.0 Å². The van der Waals surface area contributed by atoms with Gasteiger partial charge < -0.3 is 9.47 Å². The molecule has 3 heterocycles. The minimum absolute atomic E-state index is 0.126. The minimum Gasteiger partial charge on any atom is -0.481 e. The molecule has 9 heteroatoms. The maximum Gasteiger partial charge on any atom is 0.244 e. The van der Waals surface area contributed by atoms with Crippen molar-refractivity contribution < 1.29 is 17.9 Å². The molecule has 0 spiro atoms. The number of rotatable bonds is 6. The van der Waals surface area contributed by atoms with E-state index in [4.69, 9.17) is 9.47 Å². The van der Waals surface area contributed by atoms with Gasteiger partial charge in [-0.05, 0) is 50.6 Å². The Balaban J connectivity index is 2.11. The van der Waals surface area contributed by atoms with Gasteiger partial charge in [-0.25, -0.2) is 18.4 Å². The van der Waals surface area contributed by atoms with Crippen molar-refractivity contribution in [1.29, 1.82) is 0 Å². The second-order valence-electron chi connectivity index (χ2n) is 6.61. The normalized spacial score (nSPS) is 11.2. The lowest BCUT2D eigenvalue weighted by molar-refractivity contribution is 0.398. The van der Waals surface area contributed by atoms with Gasteiger partial charge in [0, 0.05) is 23.5 Å². The highest BCUT2D eigenvalue weighted by atomic mass is 32.2. The second-order valence-corrected chi connectivity index (χ2v) is 8.36. The summed E-state index contributed by atoms with van der Waals surface area (Å²) in [5, 5.41) is 0. The lowest BCUT2D eigenvalue weighted by atomic mass is 10.1. The van der Waals surface area contributed by atoms with Crippen molar-refractivity contribution in [3.8, 4) is 28.8 Å². The maximum absolute atomic E-state index is 11.8. The van der Waals surface area contributed by atoms with Crippen LogP contribution in [0.15, 0.2) is 36.5 Å². The van der Waals surface area contributed by atoms with Crippen molar-refractivity contribution in [2.24, 2.45) is 0 Å². The van der Waals surface area contributed by atoms with Crippen molar-refractivity contribution in [3.05, 3.63) is 53.5 Å². The molecule has 0 aliphatic carbocycles. The van der Waals surface area contributed by atoms with Crippen LogP contribution in [0.3, 0.4) is 0 Å². The Morgan fingerprint density at radius 1 is 1.03 bits per heavy atom. The average Bonchev–Trinajstić information content (AvgIpc) is 2.64. The first-order chi connectivity index (χ1) is 13.7. The fourth-order valence-electron chi connectivity index (χ4n) is 2.90. The number of anilines is 1. The summed E-state index contributed by atoms with van der Waals surface area (Å²) in [6.45, 7) is 5.63. The number of hydrogen-bond donors (Lipinski definition) is 1. The molecule has 0 radical (unpaired) electrons. The summed E-state index contributed by atoms with van der Waals surface area (Å²) in [6.07, 6.45) is 2.68. The summed E-state index contributed by atoms with van der Waals surface area (Å²) in [6, 6.07) is 8.71. The third-order valence-corrected chi connectivity index (χ3v) is 4.64. The van der Waals surface area contributed by atoms with E-state index in [1.54, 1.807) is 30.5 Å². The Hall–Kier alpha value is -3.20. The quantitative estimate of drug-likeness (QED) is 0.657. The zero-order chi connectivity index (χ0) is 21.2. The Labute approximate surface area is 170 Å². The molecule has 0 fully saturated rings. The first-order valence-corrected chi connectivity index (χ1v) is 10.7. The Morgan fingerprint density at radius 2 is 1.79 bits per heavy atom. The van der Waals surface area contributed by atoms with Crippen molar-refractivity contribution in [1.82, 2.24) is 15.0 Å². The maximum atomic E-state index is 11.8. The monoisotopic (exact) mass is 414 g/mol. The van der Waals surface area contributed by atoms with Gasteiger partial charge in [0.25, 0.3) is 0 Å². The lowest BCUT2D eigenvalue weighted by Gasteiger charge is -2.15. The molecule has 8 nitrogen and oxygen atoms in total. The summed E-state index contributed by atoms with van der Waals surface area (Å²) in [4.78, 5) is 13.1. The molecule has 0 amide bonds. The van der Waals surface area contributed by atoms with Gasteiger partial charge in [-0.2, -0.15) is 0 Å². The molecule has 0 bridgehead atoms. The predicted molar refractivity (Wildman–Crippen MR) is 111 cm³/mol. The van der Waals surface area contributed by atoms with E-state index in [2.05, 4.69) is 19.7 Å². The number of sulfonamides is 1.